The van der Waals surface area contributed by atoms with Gasteiger partial charge in [-0.25, -0.2) is 4.98 Å². The molecule has 0 aliphatic heterocycles. The minimum Gasteiger partial charge on any atom is -0.316 e. The molecule has 1 heterocycles. The molecule has 0 radical (unpaired) electrons. The maximum Gasteiger partial charge on any atom is 0.208 e. The number of rotatable bonds is 3. The molecule has 4 nitrogen and oxygen atoms in total. The van der Waals surface area contributed by atoms with Crippen molar-refractivity contribution in [1.29, 1.82) is 0 Å². The molecule has 2 rings (SSSR count). The Morgan fingerprint density at radius 2 is 2.36 bits per heavy atom. The predicted octanol–water partition coefficient (Wildman–Crippen LogP) is 1.35. The Kier molecular flexibility index (Phi) is 3.08. The van der Waals surface area contributed by atoms with Crippen molar-refractivity contribution in [2.24, 2.45) is 0 Å². The van der Waals surface area contributed by atoms with E-state index in [-0.39, 0.29) is 0 Å². The fourth-order valence-electron chi connectivity index (χ4n) is 1.91. The molecule has 78 valence electrons. The molecule has 0 spiro atoms. The van der Waals surface area contributed by atoms with Gasteiger partial charge < -0.3 is 5.32 Å². The third kappa shape index (κ3) is 2.09. The van der Waals surface area contributed by atoms with Crippen molar-refractivity contribution in [3.05, 3.63) is 5.82 Å². The quantitative estimate of drug-likeness (QED) is 0.794. The molecule has 2 atom stereocenters. The summed E-state index contributed by atoms with van der Waals surface area (Å²) in [5.41, 5.74) is 0. The molecule has 1 fully saturated rings. The average molecular weight is 212 g/mol. The van der Waals surface area contributed by atoms with Crippen LogP contribution < -0.4 is 5.32 Å². The zero-order valence-corrected chi connectivity index (χ0v) is 9.40. The Balaban J connectivity index is 1.96. The largest absolute Gasteiger partial charge is 0.316 e. The van der Waals surface area contributed by atoms with Gasteiger partial charge in [0.15, 0.2) is 0 Å². The number of H-pyrrole nitrogens is 1. The van der Waals surface area contributed by atoms with E-state index in [0.29, 0.717) is 11.3 Å². The molecule has 2 unspecified atom stereocenters. The lowest BCUT2D eigenvalue weighted by Gasteiger charge is -2.16. The third-order valence-corrected chi connectivity index (χ3v) is 3.92. The van der Waals surface area contributed by atoms with Crippen LogP contribution in [0.15, 0.2) is 5.16 Å². The number of nitrogens with zero attached hydrogens (tertiary/aromatic N) is 2. The summed E-state index contributed by atoms with van der Waals surface area (Å²) in [6, 6.07) is 0.624. The van der Waals surface area contributed by atoms with Gasteiger partial charge in [0.1, 0.15) is 5.82 Å². The summed E-state index contributed by atoms with van der Waals surface area (Å²) in [5, 5.41) is 11.9. The highest BCUT2D eigenvalue weighted by Gasteiger charge is 2.27. The summed E-state index contributed by atoms with van der Waals surface area (Å²) in [5.74, 6) is 0.895. The molecule has 1 aromatic rings. The van der Waals surface area contributed by atoms with E-state index in [4.69, 9.17) is 0 Å². The fourth-order valence-corrected chi connectivity index (χ4v) is 3.19. The molecule has 14 heavy (non-hydrogen) atoms. The van der Waals surface area contributed by atoms with E-state index in [1.165, 1.54) is 19.3 Å². The lowest BCUT2D eigenvalue weighted by atomic mass is 10.2. The topological polar surface area (TPSA) is 53.6 Å². The van der Waals surface area contributed by atoms with Gasteiger partial charge in [0.05, 0.1) is 0 Å². The summed E-state index contributed by atoms with van der Waals surface area (Å²) < 4.78 is 0. The first-order valence-corrected chi connectivity index (χ1v) is 5.90. The second-order valence-electron chi connectivity index (χ2n) is 3.69. The predicted molar refractivity (Wildman–Crippen MR) is 57.5 cm³/mol. The molecule has 5 heteroatoms. The van der Waals surface area contributed by atoms with Crippen LogP contribution in [0.25, 0.3) is 0 Å². The number of aryl methyl sites for hydroxylation is 1. The zero-order chi connectivity index (χ0) is 9.97. The SMILES string of the molecule is CNC1CCCC1Sc1n[nH]c(C)n1. The Bertz CT molecular complexity index is 299. The lowest BCUT2D eigenvalue weighted by molar-refractivity contribution is 0.591. The number of aromatic amines is 1. The van der Waals surface area contributed by atoms with Crippen molar-refractivity contribution >= 4 is 11.8 Å². The number of nitrogens with one attached hydrogen (secondary N) is 2. The van der Waals surface area contributed by atoms with Crippen molar-refractivity contribution in [3.8, 4) is 0 Å². The van der Waals surface area contributed by atoms with Gasteiger partial charge in [0.2, 0.25) is 5.16 Å². The van der Waals surface area contributed by atoms with Crippen LogP contribution in [0.3, 0.4) is 0 Å². The highest BCUT2D eigenvalue weighted by atomic mass is 32.2. The molecular formula is C9H16N4S. The van der Waals surface area contributed by atoms with Crippen molar-refractivity contribution in [2.75, 3.05) is 7.05 Å². The smallest absolute Gasteiger partial charge is 0.208 e. The number of hydrogen-bond donors (Lipinski definition) is 2. The summed E-state index contributed by atoms with van der Waals surface area (Å²) >= 11 is 1.79. The van der Waals surface area contributed by atoms with Gasteiger partial charge in [-0.3, -0.25) is 5.10 Å². The normalized spacial score (nSPS) is 27.0. The van der Waals surface area contributed by atoms with Crippen LogP contribution in [-0.2, 0) is 0 Å². The first kappa shape index (κ1) is 9.98. The van der Waals surface area contributed by atoms with Crippen molar-refractivity contribution in [3.63, 3.8) is 0 Å². The fraction of sp³-hybridized carbons (Fsp3) is 0.778. The average Bonchev–Trinajstić information content (AvgIpc) is 2.76. The van der Waals surface area contributed by atoms with Crippen LogP contribution in [0, 0.1) is 6.92 Å². The zero-order valence-electron chi connectivity index (χ0n) is 8.58. The van der Waals surface area contributed by atoms with Crippen molar-refractivity contribution < 1.29 is 0 Å². The van der Waals surface area contributed by atoms with Gasteiger partial charge in [-0.05, 0) is 26.8 Å². The van der Waals surface area contributed by atoms with Crippen LogP contribution in [0.1, 0.15) is 25.1 Å². The van der Waals surface area contributed by atoms with Crippen molar-refractivity contribution in [1.82, 2.24) is 20.5 Å². The molecule has 0 saturated heterocycles. The van der Waals surface area contributed by atoms with Gasteiger partial charge in [0, 0.05) is 11.3 Å². The maximum absolute atomic E-state index is 4.31. The van der Waals surface area contributed by atoms with Gasteiger partial charge in [-0.2, -0.15) is 0 Å². The van der Waals surface area contributed by atoms with Crippen LogP contribution in [0.4, 0.5) is 0 Å². The van der Waals surface area contributed by atoms with E-state index >= 15 is 0 Å². The molecule has 0 amide bonds. The van der Waals surface area contributed by atoms with Crippen LogP contribution in [-0.4, -0.2) is 33.5 Å². The molecule has 1 aromatic heterocycles. The van der Waals surface area contributed by atoms with Gasteiger partial charge in [-0.1, -0.05) is 18.2 Å². The first-order valence-electron chi connectivity index (χ1n) is 5.02. The Hall–Kier alpha value is -0.550. The van der Waals surface area contributed by atoms with E-state index in [2.05, 4.69) is 20.5 Å². The lowest BCUT2D eigenvalue weighted by Crippen LogP contribution is -2.30. The molecule has 0 aromatic carbocycles. The second-order valence-corrected chi connectivity index (χ2v) is 4.89. The first-order chi connectivity index (χ1) is 6.79. The molecule has 1 aliphatic carbocycles. The molecule has 2 N–H and O–H groups in total. The van der Waals surface area contributed by atoms with E-state index in [0.717, 1.165) is 11.0 Å². The Labute approximate surface area is 88.3 Å². The number of aromatic nitrogens is 3. The standard InChI is InChI=1S/C9H16N4S/c1-6-11-9(13-12-6)14-8-5-3-4-7(8)10-2/h7-8,10H,3-5H2,1-2H3,(H,11,12,13). The summed E-state index contributed by atoms with van der Waals surface area (Å²) in [7, 11) is 2.03. The Morgan fingerprint density at radius 3 is 3.00 bits per heavy atom. The van der Waals surface area contributed by atoms with E-state index in [1.54, 1.807) is 11.8 Å². The minimum atomic E-state index is 0.624. The highest BCUT2D eigenvalue weighted by molar-refractivity contribution is 7.99. The summed E-state index contributed by atoms with van der Waals surface area (Å²) in [6.07, 6.45) is 3.86. The van der Waals surface area contributed by atoms with Crippen LogP contribution in [0.2, 0.25) is 0 Å². The minimum absolute atomic E-state index is 0.624. The van der Waals surface area contributed by atoms with Crippen molar-refractivity contribution in [2.45, 2.75) is 42.6 Å². The maximum atomic E-state index is 4.31. The number of hydrogen-bond acceptors (Lipinski definition) is 4. The van der Waals surface area contributed by atoms with E-state index in [9.17, 15) is 0 Å². The molecule has 1 saturated carbocycles. The summed E-state index contributed by atoms with van der Waals surface area (Å²) in [4.78, 5) is 4.31. The molecule has 1 aliphatic rings. The van der Waals surface area contributed by atoms with Gasteiger partial charge in [0.25, 0.3) is 0 Å². The van der Waals surface area contributed by atoms with E-state index in [1.807, 2.05) is 14.0 Å². The van der Waals surface area contributed by atoms with Gasteiger partial charge >= 0.3 is 0 Å². The summed E-state index contributed by atoms with van der Waals surface area (Å²) in [6.45, 7) is 1.93. The van der Waals surface area contributed by atoms with E-state index < -0.39 is 0 Å². The second kappa shape index (κ2) is 4.31. The molecule has 0 bridgehead atoms. The monoisotopic (exact) mass is 212 g/mol. The van der Waals surface area contributed by atoms with Crippen LogP contribution >= 0.6 is 11.8 Å². The third-order valence-electron chi connectivity index (χ3n) is 2.66. The number of thioether (sulfide) groups is 1. The Morgan fingerprint density at radius 1 is 1.50 bits per heavy atom. The van der Waals surface area contributed by atoms with Gasteiger partial charge in [-0.15, -0.1) is 5.10 Å². The highest BCUT2D eigenvalue weighted by Crippen LogP contribution is 2.33. The van der Waals surface area contributed by atoms with Crippen LogP contribution in [0.5, 0.6) is 0 Å². The molecular weight excluding hydrogens is 196 g/mol.